The van der Waals surface area contributed by atoms with Gasteiger partial charge >= 0.3 is 0 Å². The predicted octanol–water partition coefficient (Wildman–Crippen LogP) is 2.61. The summed E-state index contributed by atoms with van der Waals surface area (Å²) in [6, 6.07) is 3.87. The Balaban J connectivity index is 1.83. The van der Waals surface area contributed by atoms with Gasteiger partial charge in [0.2, 0.25) is 5.91 Å². The number of carbonyl (C=O) groups excluding carboxylic acids is 1. The highest BCUT2D eigenvalue weighted by Gasteiger charge is 2.36. The van der Waals surface area contributed by atoms with Crippen molar-refractivity contribution in [3.63, 3.8) is 0 Å². The van der Waals surface area contributed by atoms with Crippen LogP contribution in [-0.2, 0) is 11.2 Å². The van der Waals surface area contributed by atoms with Crippen LogP contribution in [-0.4, -0.2) is 58.5 Å². The lowest BCUT2D eigenvalue weighted by Gasteiger charge is -2.40. The largest absolute Gasteiger partial charge is 0.508 e. The molecule has 2 heterocycles. The molecule has 1 aromatic carbocycles. The summed E-state index contributed by atoms with van der Waals surface area (Å²) in [7, 11) is 2.10. The Morgan fingerprint density at radius 3 is 2.84 bits per heavy atom. The number of aromatic amines is 1. The molecule has 2 aliphatic rings. The van der Waals surface area contributed by atoms with Gasteiger partial charge in [0.1, 0.15) is 5.75 Å². The van der Waals surface area contributed by atoms with E-state index in [1.807, 2.05) is 31.0 Å². The quantitative estimate of drug-likeness (QED) is 0.904. The maximum atomic E-state index is 12.9. The van der Waals surface area contributed by atoms with Gasteiger partial charge in [-0.25, -0.2) is 0 Å². The molecule has 1 aliphatic carbocycles. The fourth-order valence-electron chi connectivity index (χ4n) is 4.43. The first-order chi connectivity index (χ1) is 12.0. The van der Waals surface area contributed by atoms with Gasteiger partial charge in [-0.3, -0.25) is 9.69 Å². The Bertz CT molecular complexity index is 863. The molecule has 132 valence electrons. The van der Waals surface area contributed by atoms with Crippen LogP contribution in [0.1, 0.15) is 25.0 Å². The van der Waals surface area contributed by atoms with Crippen LogP contribution in [0.2, 0.25) is 0 Å². The fraction of sp³-hybridized carbons (Fsp3) is 0.450. The van der Waals surface area contributed by atoms with Crippen LogP contribution in [0.25, 0.3) is 16.5 Å². The highest BCUT2D eigenvalue weighted by Crippen LogP contribution is 2.42. The first kappa shape index (κ1) is 16.2. The molecule has 1 aliphatic heterocycles. The molecule has 0 spiro atoms. The Hall–Kier alpha value is -2.27. The number of hydrogen-bond donors (Lipinski definition) is 2. The van der Waals surface area contributed by atoms with Crippen molar-refractivity contribution in [3.8, 4) is 5.75 Å². The van der Waals surface area contributed by atoms with Gasteiger partial charge in [-0.2, -0.15) is 0 Å². The van der Waals surface area contributed by atoms with Gasteiger partial charge in [-0.15, -0.1) is 0 Å². The Morgan fingerprint density at radius 2 is 2.12 bits per heavy atom. The van der Waals surface area contributed by atoms with E-state index in [1.54, 1.807) is 6.07 Å². The summed E-state index contributed by atoms with van der Waals surface area (Å²) in [5.74, 6) is 0.324. The van der Waals surface area contributed by atoms with Crippen LogP contribution >= 0.6 is 0 Å². The van der Waals surface area contributed by atoms with Crippen molar-refractivity contribution in [3.05, 3.63) is 35.5 Å². The number of nitrogens with zero attached hydrogens (tertiary/aromatic N) is 2. The summed E-state index contributed by atoms with van der Waals surface area (Å²) >= 11 is 0. The molecule has 0 saturated carbocycles. The number of hydrogen-bond acceptors (Lipinski definition) is 3. The van der Waals surface area contributed by atoms with Gasteiger partial charge in [-0.1, -0.05) is 6.08 Å². The summed E-state index contributed by atoms with van der Waals surface area (Å²) in [6.45, 7) is 6.26. The van der Waals surface area contributed by atoms with Crippen molar-refractivity contribution in [2.45, 2.75) is 26.3 Å². The molecule has 2 aromatic rings. The SMILES string of the molecule is CCN(CC)C(=O)[C@@H]1C=C2c3cc(O)cc4[nH]cc(c34)C[C@H]2N(C)C1. The maximum absolute atomic E-state index is 12.9. The van der Waals surface area contributed by atoms with E-state index >= 15 is 0 Å². The molecule has 5 nitrogen and oxygen atoms in total. The minimum Gasteiger partial charge on any atom is -0.508 e. The summed E-state index contributed by atoms with van der Waals surface area (Å²) in [5.41, 5.74) is 4.48. The highest BCUT2D eigenvalue weighted by molar-refractivity contribution is 6.00. The number of phenols is 1. The number of H-pyrrole nitrogens is 1. The molecule has 25 heavy (non-hydrogen) atoms. The molecule has 5 heteroatoms. The molecule has 4 rings (SSSR count). The number of fused-ring (bicyclic) bond motifs is 2. The normalized spacial score (nSPS) is 22.6. The average molecular weight is 339 g/mol. The number of nitrogens with one attached hydrogen (secondary N) is 1. The first-order valence-corrected chi connectivity index (χ1v) is 9.07. The number of rotatable bonds is 3. The maximum Gasteiger partial charge on any atom is 0.230 e. The third-order valence-corrected chi connectivity index (χ3v) is 5.72. The lowest BCUT2D eigenvalue weighted by Crippen LogP contribution is -2.47. The minimum absolute atomic E-state index is 0.131. The Morgan fingerprint density at radius 1 is 1.36 bits per heavy atom. The van der Waals surface area contributed by atoms with Gasteiger partial charge in [-0.05, 0) is 50.1 Å². The molecule has 1 amide bonds. The third kappa shape index (κ3) is 2.45. The molecule has 1 aromatic heterocycles. The second-order valence-corrected chi connectivity index (χ2v) is 7.13. The van der Waals surface area contributed by atoms with Gasteiger partial charge in [0.05, 0.1) is 5.92 Å². The number of amides is 1. The third-order valence-electron chi connectivity index (χ3n) is 5.72. The number of aromatic hydroxyl groups is 1. The zero-order chi connectivity index (χ0) is 17.7. The van der Waals surface area contributed by atoms with E-state index < -0.39 is 0 Å². The standard InChI is InChI=1S/C20H25N3O2/c1-4-23(5-2)20(25)13-6-15-16-8-14(24)9-17-19(16)12(10-21-17)7-18(15)22(3)11-13/h6,8-10,13,18,21,24H,4-5,7,11H2,1-3H3/t13-,18-/m1/s1. The van der Waals surface area contributed by atoms with E-state index in [-0.39, 0.29) is 23.6 Å². The first-order valence-electron chi connectivity index (χ1n) is 9.07. The average Bonchev–Trinajstić information content (AvgIpc) is 3.00. The smallest absolute Gasteiger partial charge is 0.230 e. The number of aromatic nitrogens is 1. The van der Waals surface area contributed by atoms with E-state index in [9.17, 15) is 9.90 Å². The Labute approximate surface area is 147 Å². The molecule has 0 unspecified atom stereocenters. The van der Waals surface area contributed by atoms with Crippen molar-refractivity contribution in [2.75, 3.05) is 26.7 Å². The van der Waals surface area contributed by atoms with Crippen molar-refractivity contribution >= 4 is 22.4 Å². The Kier molecular flexibility index (Phi) is 3.84. The van der Waals surface area contributed by atoms with Crippen LogP contribution in [0.15, 0.2) is 24.4 Å². The van der Waals surface area contributed by atoms with Gasteiger partial charge in [0, 0.05) is 48.8 Å². The van der Waals surface area contributed by atoms with Crippen molar-refractivity contribution in [2.24, 2.45) is 5.92 Å². The van der Waals surface area contributed by atoms with E-state index in [0.29, 0.717) is 0 Å². The van der Waals surface area contributed by atoms with Gasteiger partial charge < -0.3 is 15.0 Å². The zero-order valence-electron chi connectivity index (χ0n) is 15.0. The monoisotopic (exact) mass is 339 g/mol. The summed E-state index contributed by atoms with van der Waals surface area (Å²) in [4.78, 5) is 20.3. The molecule has 0 fully saturated rings. The number of phenolic OH excluding ortho intramolecular Hbond substituents is 1. The zero-order valence-corrected chi connectivity index (χ0v) is 15.0. The lowest BCUT2D eigenvalue weighted by atomic mass is 9.79. The van der Waals surface area contributed by atoms with Crippen molar-refractivity contribution in [1.29, 1.82) is 0 Å². The van der Waals surface area contributed by atoms with E-state index in [2.05, 4.69) is 23.0 Å². The molecule has 0 saturated heterocycles. The van der Waals surface area contributed by atoms with Gasteiger partial charge in [0.15, 0.2) is 0 Å². The number of carbonyl (C=O) groups is 1. The van der Waals surface area contributed by atoms with Crippen LogP contribution < -0.4 is 0 Å². The van der Waals surface area contributed by atoms with Crippen LogP contribution in [0.5, 0.6) is 5.75 Å². The number of benzene rings is 1. The van der Waals surface area contributed by atoms with Crippen molar-refractivity contribution in [1.82, 2.24) is 14.8 Å². The second kappa shape index (κ2) is 5.92. The topological polar surface area (TPSA) is 59.6 Å². The summed E-state index contributed by atoms with van der Waals surface area (Å²) < 4.78 is 0. The number of likely N-dealkylation sites (N-methyl/N-ethyl adjacent to an activating group) is 1. The molecule has 2 N–H and O–H groups in total. The fourth-order valence-corrected chi connectivity index (χ4v) is 4.43. The molecular weight excluding hydrogens is 314 g/mol. The summed E-state index contributed by atoms with van der Waals surface area (Å²) in [6.07, 6.45) is 5.13. The van der Waals surface area contributed by atoms with E-state index in [1.165, 1.54) is 16.5 Å². The molecule has 2 atom stereocenters. The van der Waals surface area contributed by atoms with E-state index in [0.717, 1.165) is 37.1 Å². The lowest BCUT2D eigenvalue weighted by molar-refractivity contribution is -0.134. The predicted molar refractivity (Wildman–Crippen MR) is 99.5 cm³/mol. The van der Waals surface area contributed by atoms with Gasteiger partial charge in [0.25, 0.3) is 0 Å². The minimum atomic E-state index is -0.131. The van der Waals surface area contributed by atoms with Crippen LogP contribution in [0.4, 0.5) is 0 Å². The molecule has 0 bridgehead atoms. The van der Waals surface area contributed by atoms with E-state index in [4.69, 9.17) is 0 Å². The highest BCUT2D eigenvalue weighted by atomic mass is 16.3. The van der Waals surface area contributed by atoms with Crippen LogP contribution in [0.3, 0.4) is 0 Å². The van der Waals surface area contributed by atoms with Crippen molar-refractivity contribution < 1.29 is 9.90 Å². The summed E-state index contributed by atoms with van der Waals surface area (Å²) in [5, 5.41) is 11.3. The van der Waals surface area contributed by atoms with Crippen LogP contribution in [0, 0.1) is 5.92 Å². The second-order valence-electron chi connectivity index (χ2n) is 7.13. The molecular formula is C20H25N3O2. The molecule has 0 radical (unpaired) electrons.